The van der Waals surface area contributed by atoms with Crippen molar-refractivity contribution in [1.29, 1.82) is 0 Å². The predicted octanol–water partition coefficient (Wildman–Crippen LogP) is -1.28. The van der Waals surface area contributed by atoms with Gasteiger partial charge < -0.3 is 13.6 Å². The van der Waals surface area contributed by atoms with Crippen molar-refractivity contribution in [2.75, 3.05) is 14.2 Å². The Bertz CT molecular complexity index is 1010. The first kappa shape index (κ1) is 24.3. The van der Waals surface area contributed by atoms with Crippen LogP contribution in [0.3, 0.4) is 0 Å². The Balaban J connectivity index is 0.00000392. The molecule has 0 heterocycles. The Morgan fingerprint density at radius 3 is 1.43 bits per heavy atom. The average molecular weight is 435 g/mol. The second-order valence-corrected chi connectivity index (χ2v) is 8.50. The van der Waals surface area contributed by atoms with Crippen molar-refractivity contribution in [1.82, 2.24) is 0 Å². The summed E-state index contributed by atoms with van der Waals surface area (Å²) in [6, 6.07) is 9.18. The van der Waals surface area contributed by atoms with Crippen LogP contribution >= 0.6 is 0 Å². The fourth-order valence-corrected chi connectivity index (χ4v) is 4.79. The molecule has 12 heteroatoms. The van der Waals surface area contributed by atoms with Crippen molar-refractivity contribution in [2.45, 2.75) is 9.79 Å². The number of ether oxygens (including phenoxy) is 2. The number of hydrogen-bond acceptors (Lipinski definition) is 8. The molecule has 0 saturated carbocycles. The van der Waals surface area contributed by atoms with Crippen LogP contribution in [-0.4, -0.2) is 43.0 Å². The van der Waals surface area contributed by atoms with E-state index in [1.807, 2.05) is 0 Å². The standard InChI is InChI=1S/C16H14NO8S2.Na/c1-24-15(18)11-5-3-7-13(9-11)26(20,21)17-27(22,23)14-8-4-6-12(10-14)16(19)25-2;/h3-10H,1-2H3;/q-1;+1. The summed E-state index contributed by atoms with van der Waals surface area (Å²) in [6.07, 6.45) is 0. The molecule has 28 heavy (non-hydrogen) atoms. The zero-order chi connectivity index (χ0) is 20.2. The smallest absolute Gasteiger partial charge is 0.465 e. The van der Waals surface area contributed by atoms with Gasteiger partial charge in [0.25, 0.3) is 0 Å². The van der Waals surface area contributed by atoms with Gasteiger partial charge in [-0.1, -0.05) is 12.1 Å². The van der Waals surface area contributed by atoms with Gasteiger partial charge in [-0.05, 0) is 36.4 Å². The van der Waals surface area contributed by atoms with E-state index >= 15 is 0 Å². The largest absolute Gasteiger partial charge is 1.00 e. The number of carbonyl (C=O) groups is 2. The molecule has 0 aliphatic heterocycles. The van der Waals surface area contributed by atoms with Gasteiger partial charge in [-0.15, -0.1) is 0 Å². The van der Waals surface area contributed by atoms with E-state index < -0.39 is 41.8 Å². The van der Waals surface area contributed by atoms with Crippen molar-refractivity contribution in [3.05, 3.63) is 63.8 Å². The third-order valence-electron chi connectivity index (χ3n) is 3.30. The van der Waals surface area contributed by atoms with Gasteiger partial charge in [0, 0.05) is 9.79 Å². The summed E-state index contributed by atoms with van der Waals surface area (Å²) in [6.45, 7) is 0. The summed E-state index contributed by atoms with van der Waals surface area (Å²) in [5, 5.41) is 0. The molecule has 0 fully saturated rings. The molecule has 0 aliphatic carbocycles. The molecular formula is C16H14NNaO8S2. The van der Waals surface area contributed by atoms with Crippen molar-refractivity contribution in [3.8, 4) is 0 Å². The first-order valence-corrected chi connectivity index (χ1v) is 10.1. The van der Waals surface area contributed by atoms with Crippen LogP contribution in [0.25, 0.3) is 4.13 Å². The van der Waals surface area contributed by atoms with E-state index in [-0.39, 0.29) is 40.7 Å². The van der Waals surface area contributed by atoms with E-state index in [1.54, 1.807) is 0 Å². The molecule has 2 rings (SSSR count). The van der Waals surface area contributed by atoms with Gasteiger partial charge in [-0.3, -0.25) is 0 Å². The maximum Gasteiger partial charge on any atom is 1.00 e. The van der Waals surface area contributed by atoms with E-state index in [2.05, 4.69) is 13.6 Å². The Hall–Kier alpha value is -1.76. The van der Waals surface area contributed by atoms with E-state index in [0.717, 1.165) is 38.5 Å². The van der Waals surface area contributed by atoms with Gasteiger partial charge in [0.2, 0.25) is 0 Å². The maximum absolute atomic E-state index is 12.4. The van der Waals surface area contributed by atoms with E-state index in [0.29, 0.717) is 0 Å². The summed E-state index contributed by atoms with van der Waals surface area (Å²) in [4.78, 5) is 22.0. The van der Waals surface area contributed by atoms with Gasteiger partial charge >= 0.3 is 41.5 Å². The first-order valence-electron chi connectivity index (χ1n) is 7.22. The fraction of sp³-hybridized carbons (Fsp3) is 0.125. The SMILES string of the molecule is COC(=O)c1cccc(S(=O)(=O)[N-]S(=O)(=O)c2cccc(C(=O)OC)c2)c1.[Na+]. The third kappa shape index (κ3) is 5.63. The van der Waals surface area contributed by atoms with Gasteiger partial charge in [0.1, 0.15) is 20.0 Å². The summed E-state index contributed by atoms with van der Waals surface area (Å²) in [5.41, 5.74) is -0.169. The molecular weight excluding hydrogens is 421 g/mol. The minimum atomic E-state index is -4.66. The summed E-state index contributed by atoms with van der Waals surface area (Å²) in [7, 11) is -7.08. The quantitative estimate of drug-likeness (QED) is 0.404. The Morgan fingerprint density at radius 1 is 0.750 bits per heavy atom. The molecule has 0 aromatic heterocycles. The molecule has 0 radical (unpaired) electrons. The third-order valence-corrected chi connectivity index (χ3v) is 6.57. The Kier molecular flexibility index (Phi) is 8.35. The van der Waals surface area contributed by atoms with Crippen molar-refractivity contribution < 1.29 is 65.5 Å². The monoisotopic (exact) mass is 435 g/mol. The molecule has 0 N–H and O–H groups in total. The summed E-state index contributed by atoms with van der Waals surface area (Å²) < 4.78 is 61.4. The number of carbonyl (C=O) groups excluding carboxylic acids is 2. The van der Waals surface area contributed by atoms with Crippen molar-refractivity contribution in [3.63, 3.8) is 0 Å². The van der Waals surface area contributed by atoms with Crippen LogP contribution < -0.4 is 29.6 Å². The van der Waals surface area contributed by atoms with Crippen molar-refractivity contribution in [2.24, 2.45) is 0 Å². The normalized spacial score (nSPS) is 11.2. The number of esters is 2. The number of nitrogens with zero attached hydrogens (tertiary/aromatic N) is 1. The van der Waals surface area contributed by atoms with Crippen LogP contribution in [0.15, 0.2) is 58.3 Å². The zero-order valence-corrected chi connectivity index (χ0v) is 18.8. The second kappa shape index (κ2) is 9.63. The van der Waals surface area contributed by atoms with Crippen LogP contribution in [-0.2, 0) is 29.5 Å². The number of methoxy groups -OCH3 is 2. The minimum absolute atomic E-state index is 0. The van der Waals surface area contributed by atoms with Gasteiger partial charge in [0.05, 0.1) is 25.3 Å². The molecule has 2 aromatic carbocycles. The average Bonchev–Trinajstić information content (AvgIpc) is 2.66. The van der Waals surface area contributed by atoms with E-state index in [1.165, 1.54) is 24.3 Å². The maximum atomic E-state index is 12.4. The fourth-order valence-electron chi connectivity index (χ4n) is 2.02. The van der Waals surface area contributed by atoms with Crippen LogP contribution in [0.5, 0.6) is 0 Å². The number of sulfonamides is 2. The Labute approximate surface area is 184 Å². The zero-order valence-electron chi connectivity index (χ0n) is 15.1. The Morgan fingerprint density at radius 2 is 1.11 bits per heavy atom. The molecule has 0 saturated heterocycles. The van der Waals surface area contributed by atoms with E-state index in [4.69, 9.17) is 0 Å². The number of rotatable bonds is 6. The number of hydrogen-bond donors (Lipinski definition) is 0. The molecule has 0 unspecified atom stereocenters. The number of benzene rings is 2. The van der Waals surface area contributed by atoms with Gasteiger partial charge in [-0.2, -0.15) is 0 Å². The van der Waals surface area contributed by atoms with Crippen LogP contribution in [0.2, 0.25) is 0 Å². The molecule has 0 amide bonds. The first-order chi connectivity index (χ1) is 12.6. The van der Waals surface area contributed by atoms with E-state index in [9.17, 15) is 26.4 Å². The minimum Gasteiger partial charge on any atom is -0.465 e. The van der Waals surface area contributed by atoms with Crippen molar-refractivity contribution >= 4 is 32.0 Å². The summed E-state index contributed by atoms with van der Waals surface area (Å²) in [5.74, 6) is -1.58. The van der Waals surface area contributed by atoms with Crippen LogP contribution in [0.1, 0.15) is 20.7 Å². The molecule has 9 nitrogen and oxygen atoms in total. The van der Waals surface area contributed by atoms with Gasteiger partial charge in [-0.25, -0.2) is 26.4 Å². The van der Waals surface area contributed by atoms with Crippen LogP contribution in [0, 0.1) is 0 Å². The molecule has 2 aromatic rings. The molecule has 0 bridgehead atoms. The predicted molar refractivity (Wildman–Crippen MR) is 93.3 cm³/mol. The topological polar surface area (TPSA) is 135 Å². The molecule has 0 aliphatic rings. The molecule has 0 spiro atoms. The van der Waals surface area contributed by atoms with Gasteiger partial charge in [0.15, 0.2) is 0 Å². The summed E-state index contributed by atoms with van der Waals surface area (Å²) >= 11 is 0. The molecule has 144 valence electrons. The van der Waals surface area contributed by atoms with Crippen LogP contribution in [0.4, 0.5) is 0 Å². The molecule has 0 atom stereocenters. The second-order valence-electron chi connectivity index (χ2n) is 5.06.